The van der Waals surface area contributed by atoms with E-state index < -0.39 is 0 Å². The van der Waals surface area contributed by atoms with Crippen LogP contribution in [-0.4, -0.2) is 9.97 Å². The zero-order valence-corrected chi connectivity index (χ0v) is 13.1. The summed E-state index contributed by atoms with van der Waals surface area (Å²) < 4.78 is 0. The van der Waals surface area contributed by atoms with Gasteiger partial charge in [0.2, 0.25) is 5.95 Å². The predicted octanol–water partition coefficient (Wildman–Crippen LogP) is 4.67. The zero-order valence-electron chi connectivity index (χ0n) is 13.1. The first-order chi connectivity index (χ1) is 10.7. The number of aromatic nitrogens is 2. The zero-order chi connectivity index (χ0) is 15.1. The van der Waals surface area contributed by atoms with Crippen LogP contribution in [0.5, 0.6) is 0 Å². The van der Waals surface area contributed by atoms with E-state index >= 15 is 0 Å². The van der Waals surface area contributed by atoms with Gasteiger partial charge >= 0.3 is 0 Å². The normalized spacial score (nSPS) is 17.5. The molecule has 0 spiro atoms. The first-order valence-electron chi connectivity index (χ1n) is 8.02. The molecule has 1 aliphatic carbocycles. The molecule has 0 amide bonds. The topological polar surface area (TPSA) is 40.7 Å². The fraction of sp³-hybridized carbons (Fsp3) is 0.316. The van der Waals surface area contributed by atoms with Crippen LogP contribution < -0.4 is 5.32 Å². The summed E-state index contributed by atoms with van der Waals surface area (Å²) in [6.07, 6.45) is 3.58. The standard InChI is InChI=1S/C19H21N3/c1-12-10-17-18(11-13(12)2)22-19(21-17)20-16-9-5-7-14-6-3-4-8-15(14)16/h3-4,6,8,10-11,16H,5,7,9H2,1-2H3,(H2,20,21,22)/t16-/m1/s1. The van der Waals surface area contributed by atoms with Crippen LogP contribution >= 0.6 is 0 Å². The average Bonchev–Trinajstić information content (AvgIpc) is 2.89. The van der Waals surface area contributed by atoms with Gasteiger partial charge in [-0.15, -0.1) is 0 Å². The molecule has 1 atom stereocenters. The number of H-pyrrole nitrogens is 1. The molecule has 22 heavy (non-hydrogen) atoms. The highest BCUT2D eigenvalue weighted by atomic mass is 15.1. The van der Waals surface area contributed by atoms with Crippen LogP contribution in [-0.2, 0) is 6.42 Å². The number of aromatic amines is 1. The number of hydrogen-bond donors (Lipinski definition) is 2. The van der Waals surface area contributed by atoms with Crippen molar-refractivity contribution in [3.8, 4) is 0 Å². The van der Waals surface area contributed by atoms with Crippen LogP contribution in [0.15, 0.2) is 36.4 Å². The van der Waals surface area contributed by atoms with Crippen molar-refractivity contribution in [2.75, 3.05) is 5.32 Å². The number of benzene rings is 2. The summed E-state index contributed by atoms with van der Waals surface area (Å²) in [6, 6.07) is 13.4. The van der Waals surface area contributed by atoms with Crippen molar-refractivity contribution in [3.05, 3.63) is 58.7 Å². The third kappa shape index (κ3) is 2.27. The van der Waals surface area contributed by atoms with Crippen LogP contribution in [0.25, 0.3) is 11.0 Å². The Hall–Kier alpha value is -2.29. The molecule has 0 aliphatic heterocycles. The molecule has 3 aromatic rings. The Labute approximate surface area is 130 Å². The molecule has 112 valence electrons. The van der Waals surface area contributed by atoms with Gasteiger partial charge in [-0.3, -0.25) is 0 Å². The summed E-state index contributed by atoms with van der Waals surface area (Å²) in [5.74, 6) is 0.877. The SMILES string of the molecule is Cc1cc2nc(N[C@@H]3CCCc4ccccc43)[nH]c2cc1C. The van der Waals surface area contributed by atoms with Gasteiger partial charge in [0.25, 0.3) is 0 Å². The van der Waals surface area contributed by atoms with Gasteiger partial charge in [0.15, 0.2) is 0 Å². The van der Waals surface area contributed by atoms with E-state index in [9.17, 15) is 0 Å². The summed E-state index contributed by atoms with van der Waals surface area (Å²) in [6.45, 7) is 4.27. The fourth-order valence-electron chi connectivity index (χ4n) is 3.41. The maximum absolute atomic E-state index is 4.72. The van der Waals surface area contributed by atoms with Crippen LogP contribution in [0, 0.1) is 13.8 Å². The van der Waals surface area contributed by atoms with Crippen molar-refractivity contribution in [2.24, 2.45) is 0 Å². The molecule has 3 nitrogen and oxygen atoms in total. The first kappa shape index (κ1) is 13.4. The van der Waals surface area contributed by atoms with E-state index in [0.717, 1.165) is 23.4 Å². The molecule has 2 aromatic carbocycles. The van der Waals surface area contributed by atoms with Gasteiger partial charge in [0.05, 0.1) is 17.1 Å². The van der Waals surface area contributed by atoms with Gasteiger partial charge in [-0.1, -0.05) is 24.3 Å². The lowest BCUT2D eigenvalue weighted by Crippen LogP contribution is -2.17. The number of nitrogens with one attached hydrogen (secondary N) is 2. The van der Waals surface area contributed by atoms with E-state index in [-0.39, 0.29) is 0 Å². The van der Waals surface area contributed by atoms with E-state index in [4.69, 9.17) is 4.98 Å². The molecule has 2 N–H and O–H groups in total. The molecule has 0 saturated carbocycles. The van der Waals surface area contributed by atoms with E-state index in [0.29, 0.717) is 6.04 Å². The lowest BCUT2D eigenvalue weighted by molar-refractivity contribution is 0.597. The van der Waals surface area contributed by atoms with Crippen molar-refractivity contribution in [3.63, 3.8) is 0 Å². The highest BCUT2D eigenvalue weighted by Crippen LogP contribution is 2.32. The van der Waals surface area contributed by atoms with Crippen molar-refractivity contribution >= 4 is 17.0 Å². The second-order valence-corrected chi connectivity index (χ2v) is 6.33. The van der Waals surface area contributed by atoms with Crippen LogP contribution in [0.3, 0.4) is 0 Å². The summed E-state index contributed by atoms with van der Waals surface area (Å²) in [5, 5.41) is 3.60. The number of fused-ring (bicyclic) bond motifs is 2. The van der Waals surface area contributed by atoms with Gasteiger partial charge in [0, 0.05) is 0 Å². The number of hydrogen-bond acceptors (Lipinski definition) is 2. The molecule has 0 saturated heterocycles. The smallest absolute Gasteiger partial charge is 0.201 e. The summed E-state index contributed by atoms with van der Waals surface area (Å²) in [7, 11) is 0. The predicted molar refractivity (Wildman–Crippen MR) is 91.3 cm³/mol. The lowest BCUT2D eigenvalue weighted by Gasteiger charge is -2.26. The molecule has 3 heteroatoms. The second-order valence-electron chi connectivity index (χ2n) is 6.33. The largest absolute Gasteiger partial charge is 0.349 e. The summed E-state index contributed by atoms with van der Waals surface area (Å²) in [4.78, 5) is 8.13. The third-order valence-electron chi connectivity index (χ3n) is 4.78. The molecule has 1 aliphatic rings. The Morgan fingerprint density at radius 3 is 2.86 bits per heavy atom. The molecule has 0 radical (unpaired) electrons. The van der Waals surface area contributed by atoms with E-state index in [1.165, 1.54) is 35.1 Å². The van der Waals surface area contributed by atoms with Crippen LogP contribution in [0.4, 0.5) is 5.95 Å². The molecule has 1 heterocycles. The van der Waals surface area contributed by atoms with Crippen molar-refractivity contribution in [2.45, 2.75) is 39.2 Å². The molecule has 1 aromatic heterocycles. The minimum absolute atomic E-state index is 0.354. The first-order valence-corrected chi connectivity index (χ1v) is 8.02. The minimum atomic E-state index is 0.354. The average molecular weight is 291 g/mol. The molecular formula is C19H21N3. The van der Waals surface area contributed by atoms with Crippen LogP contribution in [0.2, 0.25) is 0 Å². The van der Waals surface area contributed by atoms with E-state index in [1.807, 2.05) is 0 Å². The molecular weight excluding hydrogens is 270 g/mol. The van der Waals surface area contributed by atoms with E-state index in [1.54, 1.807) is 0 Å². The molecule has 0 bridgehead atoms. The van der Waals surface area contributed by atoms with Gasteiger partial charge in [-0.25, -0.2) is 4.98 Å². The second kappa shape index (κ2) is 5.16. The van der Waals surface area contributed by atoms with Gasteiger partial charge in [-0.05, 0) is 67.5 Å². The van der Waals surface area contributed by atoms with Gasteiger partial charge < -0.3 is 10.3 Å². The quantitative estimate of drug-likeness (QED) is 0.720. The van der Waals surface area contributed by atoms with Crippen LogP contribution in [0.1, 0.15) is 41.1 Å². The maximum Gasteiger partial charge on any atom is 0.201 e. The number of rotatable bonds is 2. The number of nitrogens with zero attached hydrogens (tertiary/aromatic N) is 1. The minimum Gasteiger partial charge on any atom is -0.349 e. The Morgan fingerprint density at radius 2 is 1.95 bits per heavy atom. The molecule has 0 unspecified atom stereocenters. The van der Waals surface area contributed by atoms with E-state index in [2.05, 4.69) is 60.5 Å². The highest BCUT2D eigenvalue weighted by Gasteiger charge is 2.20. The Balaban J connectivity index is 1.67. The Morgan fingerprint density at radius 1 is 1.14 bits per heavy atom. The molecule has 4 rings (SSSR count). The van der Waals surface area contributed by atoms with Crippen molar-refractivity contribution < 1.29 is 0 Å². The maximum atomic E-state index is 4.72. The Kier molecular flexibility index (Phi) is 3.14. The van der Waals surface area contributed by atoms with Gasteiger partial charge in [0.1, 0.15) is 0 Å². The summed E-state index contributed by atoms with van der Waals surface area (Å²) >= 11 is 0. The number of imidazole rings is 1. The lowest BCUT2D eigenvalue weighted by atomic mass is 9.88. The van der Waals surface area contributed by atoms with Gasteiger partial charge in [-0.2, -0.15) is 0 Å². The number of anilines is 1. The van der Waals surface area contributed by atoms with Crippen molar-refractivity contribution in [1.29, 1.82) is 0 Å². The fourth-order valence-corrected chi connectivity index (χ4v) is 3.41. The van der Waals surface area contributed by atoms with Crippen molar-refractivity contribution in [1.82, 2.24) is 9.97 Å². The Bertz CT molecular complexity index is 793. The number of aryl methyl sites for hydroxylation is 3. The third-order valence-corrected chi connectivity index (χ3v) is 4.78. The monoisotopic (exact) mass is 291 g/mol. The summed E-state index contributed by atoms with van der Waals surface area (Å²) in [5.41, 5.74) is 7.61. The highest BCUT2D eigenvalue weighted by molar-refractivity contribution is 5.79. The molecule has 0 fully saturated rings.